The summed E-state index contributed by atoms with van der Waals surface area (Å²) in [6, 6.07) is 3.90. The Hall–Kier alpha value is -2.28. The van der Waals surface area contributed by atoms with Gasteiger partial charge >= 0.3 is 0 Å². The summed E-state index contributed by atoms with van der Waals surface area (Å²) in [6.07, 6.45) is 1.30. The van der Waals surface area contributed by atoms with E-state index in [9.17, 15) is 14.9 Å². The molecule has 2 rings (SSSR count). The number of ketones is 1. The lowest BCUT2D eigenvalue weighted by atomic mass is 10.2. The third-order valence-corrected chi connectivity index (χ3v) is 2.87. The van der Waals surface area contributed by atoms with Gasteiger partial charge in [-0.05, 0) is 19.1 Å². The fourth-order valence-electron chi connectivity index (χ4n) is 1.66. The topological polar surface area (TPSA) is 94.2 Å². The second-order valence-electron chi connectivity index (χ2n) is 4.29. The largest absolute Gasteiger partial charge is 0.462 e. The van der Waals surface area contributed by atoms with Gasteiger partial charge in [-0.3, -0.25) is 14.9 Å². The molecule has 0 fully saturated rings. The number of carbonyl (C=O) groups is 1. The Labute approximate surface area is 119 Å². The fourth-order valence-corrected chi connectivity index (χ4v) is 1.83. The summed E-state index contributed by atoms with van der Waals surface area (Å²) in [6.45, 7) is 3.04. The van der Waals surface area contributed by atoms with Crippen molar-refractivity contribution in [3.8, 4) is 0 Å². The highest BCUT2D eigenvalue weighted by molar-refractivity contribution is 6.30. The minimum atomic E-state index is -1.49. The van der Waals surface area contributed by atoms with Gasteiger partial charge in [0.2, 0.25) is 5.78 Å². The molecule has 0 radical (unpaired) electrons. The van der Waals surface area contributed by atoms with Gasteiger partial charge < -0.3 is 4.74 Å². The first kappa shape index (κ1) is 14.1. The van der Waals surface area contributed by atoms with Crippen molar-refractivity contribution in [2.45, 2.75) is 19.6 Å². The molecule has 7 nitrogen and oxygen atoms in total. The molecule has 0 aromatic heterocycles. The average molecular weight is 296 g/mol. The van der Waals surface area contributed by atoms with E-state index < -0.39 is 10.6 Å². The lowest BCUT2D eigenvalue weighted by molar-refractivity contribution is -0.384. The van der Waals surface area contributed by atoms with Crippen LogP contribution in [-0.4, -0.2) is 16.4 Å². The highest BCUT2D eigenvalue weighted by Gasteiger charge is 2.39. The van der Waals surface area contributed by atoms with Crippen LogP contribution in [-0.2, 0) is 9.53 Å². The van der Waals surface area contributed by atoms with E-state index in [1.807, 2.05) is 0 Å². The number of rotatable bonds is 3. The molecule has 0 bridgehead atoms. The van der Waals surface area contributed by atoms with Crippen molar-refractivity contribution in [1.82, 2.24) is 0 Å². The number of azo groups is 1. The maximum atomic E-state index is 11.7. The van der Waals surface area contributed by atoms with Gasteiger partial charge in [0.05, 0.1) is 4.92 Å². The highest BCUT2D eigenvalue weighted by atomic mass is 35.5. The van der Waals surface area contributed by atoms with Crippen molar-refractivity contribution in [3.05, 3.63) is 45.2 Å². The van der Waals surface area contributed by atoms with Crippen LogP contribution in [0.4, 0.5) is 11.4 Å². The number of nitro groups is 1. The summed E-state index contributed by atoms with van der Waals surface area (Å²) >= 11 is 5.77. The maximum Gasteiger partial charge on any atom is 0.296 e. The molecule has 0 amide bonds. The lowest BCUT2D eigenvalue weighted by Gasteiger charge is -2.16. The Kier molecular flexibility index (Phi) is 3.54. The van der Waals surface area contributed by atoms with Gasteiger partial charge in [0.1, 0.15) is 5.76 Å². The van der Waals surface area contributed by atoms with E-state index >= 15 is 0 Å². The normalized spacial score (nSPS) is 21.9. The minimum absolute atomic E-state index is 0.0373. The molecule has 0 N–H and O–H groups in total. The van der Waals surface area contributed by atoms with E-state index in [2.05, 4.69) is 10.2 Å². The molecule has 1 heterocycles. The zero-order chi connectivity index (χ0) is 14.9. The van der Waals surface area contributed by atoms with Gasteiger partial charge in [0, 0.05) is 24.1 Å². The van der Waals surface area contributed by atoms with Crippen LogP contribution in [0.1, 0.15) is 13.8 Å². The minimum Gasteiger partial charge on any atom is -0.462 e. The molecule has 1 aromatic carbocycles. The quantitative estimate of drug-likeness (QED) is 0.484. The van der Waals surface area contributed by atoms with Gasteiger partial charge in [-0.25, -0.2) is 0 Å². The summed E-state index contributed by atoms with van der Waals surface area (Å²) in [5.74, 6) is 0.0421. The lowest BCUT2D eigenvalue weighted by Crippen LogP contribution is -2.29. The van der Waals surface area contributed by atoms with Crippen LogP contribution >= 0.6 is 11.6 Å². The molecule has 20 heavy (non-hydrogen) atoms. The Bertz CT molecular complexity index is 656. The predicted molar refractivity (Wildman–Crippen MR) is 70.9 cm³/mol. The summed E-state index contributed by atoms with van der Waals surface area (Å²) in [4.78, 5) is 22.0. The zero-order valence-electron chi connectivity index (χ0n) is 10.7. The van der Waals surface area contributed by atoms with Crippen molar-refractivity contribution >= 4 is 28.8 Å². The molecule has 1 aliphatic rings. The Morgan fingerprint density at radius 1 is 1.45 bits per heavy atom. The molecule has 0 aliphatic carbocycles. The molecule has 1 unspecified atom stereocenters. The summed E-state index contributed by atoms with van der Waals surface area (Å²) in [5.41, 5.74) is -1.78. The monoisotopic (exact) mass is 295 g/mol. The molecule has 0 saturated carbocycles. The SMILES string of the molecule is CC1=CC(=O)C(C)(N=Nc2cc(Cl)ccc2[N+](=O)[O-])O1. The number of nitro benzene ring substituents is 1. The first-order valence-corrected chi connectivity index (χ1v) is 5.98. The van der Waals surface area contributed by atoms with Crippen LogP contribution in [0.25, 0.3) is 0 Å². The number of hydrogen-bond donors (Lipinski definition) is 0. The van der Waals surface area contributed by atoms with Crippen molar-refractivity contribution in [2.24, 2.45) is 10.2 Å². The summed E-state index contributed by atoms with van der Waals surface area (Å²) in [7, 11) is 0. The van der Waals surface area contributed by atoms with Crippen LogP contribution in [0.5, 0.6) is 0 Å². The van der Waals surface area contributed by atoms with Crippen molar-refractivity contribution < 1.29 is 14.5 Å². The molecule has 1 aromatic rings. The summed E-state index contributed by atoms with van der Waals surface area (Å²) in [5, 5.41) is 18.7. The van der Waals surface area contributed by atoms with E-state index in [0.717, 1.165) is 0 Å². The molecular formula is C12H10ClN3O4. The number of halogens is 1. The molecule has 0 spiro atoms. The highest BCUT2D eigenvalue weighted by Crippen LogP contribution is 2.33. The van der Waals surface area contributed by atoms with Gasteiger partial charge in [-0.15, -0.1) is 10.2 Å². The Balaban J connectivity index is 2.35. The Morgan fingerprint density at radius 2 is 2.15 bits per heavy atom. The zero-order valence-corrected chi connectivity index (χ0v) is 11.4. The van der Waals surface area contributed by atoms with Crippen molar-refractivity contribution in [1.29, 1.82) is 0 Å². The van der Waals surface area contributed by atoms with Gasteiger partial charge in [0.15, 0.2) is 5.69 Å². The smallest absolute Gasteiger partial charge is 0.296 e. The fraction of sp³-hybridized carbons (Fsp3) is 0.250. The van der Waals surface area contributed by atoms with Gasteiger partial charge in [-0.2, -0.15) is 0 Å². The van der Waals surface area contributed by atoms with Crippen LogP contribution in [0, 0.1) is 10.1 Å². The van der Waals surface area contributed by atoms with Crippen LogP contribution < -0.4 is 0 Å². The maximum absolute atomic E-state index is 11.7. The number of ether oxygens (including phenoxy) is 1. The van der Waals surface area contributed by atoms with E-state index in [4.69, 9.17) is 16.3 Å². The number of allylic oxidation sites excluding steroid dienone is 1. The molecule has 1 aliphatic heterocycles. The first-order valence-electron chi connectivity index (χ1n) is 5.60. The van der Waals surface area contributed by atoms with Gasteiger partial charge in [-0.1, -0.05) is 11.6 Å². The molecular weight excluding hydrogens is 286 g/mol. The number of benzene rings is 1. The molecule has 0 saturated heterocycles. The van der Waals surface area contributed by atoms with Crippen LogP contribution in [0.15, 0.2) is 40.3 Å². The standard InChI is InChI=1S/C12H10ClN3O4/c1-7-5-11(17)12(2,20-7)15-14-9-6-8(13)3-4-10(9)16(18)19/h3-6H,1-2H3. The first-order chi connectivity index (χ1) is 9.32. The number of carbonyl (C=O) groups excluding carboxylic acids is 1. The molecule has 104 valence electrons. The second-order valence-corrected chi connectivity index (χ2v) is 4.73. The van der Waals surface area contributed by atoms with Crippen LogP contribution in [0.3, 0.4) is 0 Å². The van der Waals surface area contributed by atoms with E-state index in [0.29, 0.717) is 5.76 Å². The van der Waals surface area contributed by atoms with Gasteiger partial charge in [0.25, 0.3) is 11.4 Å². The number of nitrogens with zero attached hydrogens (tertiary/aromatic N) is 3. The molecule has 1 atom stereocenters. The Morgan fingerprint density at radius 3 is 2.70 bits per heavy atom. The second kappa shape index (κ2) is 5.01. The average Bonchev–Trinajstić information content (AvgIpc) is 2.60. The summed E-state index contributed by atoms with van der Waals surface area (Å²) < 4.78 is 5.26. The predicted octanol–water partition coefficient (Wildman–Crippen LogP) is 3.55. The third kappa shape index (κ3) is 2.67. The molecule has 8 heteroatoms. The number of hydrogen-bond acceptors (Lipinski definition) is 6. The third-order valence-electron chi connectivity index (χ3n) is 2.63. The van der Waals surface area contributed by atoms with E-state index in [1.54, 1.807) is 6.92 Å². The van der Waals surface area contributed by atoms with Crippen LogP contribution in [0.2, 0.25) is 5.02 Å². The van der Waals surface area contributed by atoms with E-state index in [1.165, 1.54) is 31.2 Å². The van der Waals surface area contributed by atoms with Crippen molar-refractivity contribution in [3.63, 3.8) is 0 Å². The van der Waals surface area contributed by atoms with E-state index in [-0.39, 0.29) is 22.2 Å². The van der Waals surface area contributed by atoms with Crippen molar-refractivity contribution in [2.75, 3.05) is 0 Å².